The van der Waals surface area contributed by atoms with Gasteiger partial charge in [0.25, 0.3) is 0 Å². The number of hydrazine groups is 1. The van der Waals surface area contributed by atoms with Crippen LogP contribution in [0.4, 0.5) is 5.69 Å². The van der Waals surface area contributed by atoms with E-state index < -0.39 is 0 Å². The van der Waals surface area contributed by atoms with Gasteiger partial charge in [-0.25, -0.2) is 5.43 Å². The number of ether oxygens (including phenoxy) is 1. The third-order valence-corrected chi connectivity index (χ3v) is 3.61. The van der Waals surface area contributed by atoms with E-state index in [-0.39, 0.29) is 0 Å². The molecule has 0 aliphatic rings. The van der Waals surface area contributed by atoms with E-state index >= 15 is 0 Å². The Morgan fingerprint density at radius 3 is 2.29 bits per heavy atom. The van der Waals surface area contributed by atoms with Crippen molar-refractivity contribution in [3.8, 4) is 5.75 Å². The van der Waals surface area contributed by atoms with E-state index in [0.29, 0.717) is 6.67 Å². The van der Waals surface area contributed by atoms with Crippen LogP contribution in [0.25, 0.3) is 0 Å². The number of nitrogens with zero attached hydrogens (tertiary/aromatic N) is 1. The minimum atomic E-state index is 0.524. The van der Waals surface area contributed by atoms with Gasteiger partial charge in [-0.3, -0.25) is 5.84 Å². The van der Waals surface area contributed by atoms with Gasteiger partial charge in [-0.1, -0.05) is 11.6 Å². The number of rotatable bonds is 4. The Hall–Kier alpha value is -0.970. The summed E-state index contributed by atoms with van der Waals surface area (Å²) in [5.74, 6) is 6.20. The molecule has 0 unspecified atom stereocenters. The van der Waals surface area contributed by atoms with Gasteiger partial charge >= 0.3 is 0 Å². The second-order valence-corrected chi connectivity index (χ2v) is 4.51. The maximum absolute atomic E-state index is 6.33. The first-order chi connectivity index (χ1) is 7.95. The molecule has 0 aliphatic heterocycles. The van der Waals surface area contributed by atoms with E-state index in [0.717, 1.165) is 33.1 Å². The van der Waals surface area contributed by atoms with Crippen molar-refractivity contribution in [1.29, 1.82) is 0 Å². The molecule has 0 radical (unpaired) electrons. The van der Waals surface area contributed by atoms with Gasteiger partial charge in [0.2, 0.25) is 0 Å². The molecule has 4 nitrogen and oxygen atoms in total. The molecule has 0 atom stereocenters. The monoisotopic (exact) mass is 257 g/mol. The fourth-order valence-electron chi connectivity index (χ4n) is 1.99. The van der Waals surface area contributed by atoms with Crippen molar-refractivity contribution in [2.45, 2.75) is 20.8 Å². The van der Waals surface area contributed by atoms with Crippen molar-refractivity contribution in [3.05, 3.63) is 21.7 Å². The van der Waals surface area contributed by atoms with Crippen LogP contribution in [-0.4, -0.2) is 20.8 Å². The van der Waals surface area contributed by atoms with Crippen LogP contribution in [-0.2, 0) is 0 Å². The lowest BCUT2D eigenvalue weighted by atomic mass is 10.0. The minimum absolute atomic E-state index is 0.524. The lowest BCUT2D eigenvalue weighted by molar-refractivity contribution is 0.410. The predicted octanol–water partition coefficient (Wildman–Crippen LogP) is 2.13. The van der Waals surface area contributed by atoms with E-state index in [2.05, 4.69) is 5.43 Å². The van der Waals surface area contributed by atoms with Crippen molar-refractivity contribution in [2.24, 2.45) is 5.84 Å². The summed E-state index contributed by atoms with van der Waals surface area (Å²) in [7, 11) is 3.61. The van der Waals surface area contributed by atoms with Gasteiger partial charge in [-0.05, 0) is 37.5 Å². The topological polar surface area (TPSA) is 50.5 Å². The van der Waals surface area contributed by atoms with Gasteiger partial charge < -0.3 is 9.64 Å². The molecule has 1 rings (SSSR count). The molecule has 5 heteroatoms. The van der Waals surface area contributed by atoms with E-state index in [1.807, 2.05) is 32.7 Å². The largest absolute Gasteiger partial charge is 0.494 e. The molecular weight excluding hydrogens is 238 g/mol. The average molecular weight is 258 g/mol. The summed E-state index contributed by atoms with van der Waals surface area (Å²) in [5.41, 5.74) is 6.71. The Labute approximate surface area is 108 Å². The summed E-state index contributed by atoms with van der Waals surface area (Å²) in [6.45, 7) is 6.51. The van der Waals surface area contributed by atoms with Crippen molar-refractivity contribution < 1.29 is 4.74 Å². The van der Waals surface area contributed by atoms with Crippen molar-refractivity contribution in [2.75, 3.05) is 25.7 Å². The molecule has 0 bridgehead atoms. The fourth-order valence-corrected chi connectivity index (χ4v) is 2.22. The van der Waals surface area contributed by atoms with Gasteiger partial charge in [0.15, 0.2) is 0 Å². The number of hydrogen-bond acceptors (Lipinski definition) is 4. The van der Waals surface area contributed by atoms with Crippen molar-refractivity contribution in [3.63, 3.8) is 0 Å². The van der Waals surface area contributed by atoms with Gasteiger partial charge in [0, 0.05) is 12.1 Å². The number of halogens is 1. The highest BCUT2D eigenvalue weighted by Gasteiger charge is 2.19. The molecule has 0 aliphatic carbocycles. The number of anilines is 1. The van der Waals surface area contributed by atoms with Crippen LogP contribution in [0, 0.1) is 20.8 Å². The zero-order valence-electron chi connectivity index (χ0n) is 11.0. The Morgan fingerprint density at radius 2 is 1.82 bits per heavy atom. The van der Waals surface area contributed by atoms with Crippen molar-refractivity contribution >= 4 is 17.3 Å². The molecule has 17 heavy (non-hydrogen) atoms. The summed E-state index contributed by atoms with van der Waals surface area (Å²) < 4.78 is 5.49. The summed E-state index contributed by atoms with van der Waals surface area (Å²) >= 11 is 6.33. The van der Waals surface area contributed by atoms with Crippen LogP contribution in [0.5, 0.6) is 5.75 Å². The highest BCUT2D eigenvalue weighted by molar-refractivity contribution is 6.32. The molecule has 0 saturated carbocycles. The van der Waals surface area contributed by atoms with Gasteiger partial charge in [-0.15, -0.1) is 0 Å². The quantitative estimate of drug-likeness (QED) is 0.493. The standard InChI is InChI=1S/C12H20ClN3O/c1-7-8(2)12(17-5)11(9(3)10(7)13)16(4)6-15-14/h15H,6,14H2,1-5H3. The lowest BCUT2D eigenvalue weighted by Gasteiger charge is -2.26. The molecular formula is C12H20ClN3O. The van der Waals surface area contributed by atoms with E-state index in [1.54, 1.807) is 7.11 Å². The third-order valence-electron chi connectivity index (χ3n) is 3.05. The van der Waals surface area contributed by atoms with Crippen molar-refractivity contribution in [1.82, 2.24) is 5.43 Å². The van der Waals surface area contributed by atoms with Crippen LogP contribution in [0.2, 0.25) is 5.02 Å². The van der Waals surface area contributed by atoms with Gasteiger partial charge in [-0.2, -0.15) is 0 Å². The number of benzene rings is 1. The zero-order valence-corrected chi connectivity index (χ0v) is 11.8. The first-order valence-electron chi connectivity index (χ1n) is 5.43. The van der Waals surface area contributed by atoms with Crippen LogP contribution < -0.4 is 20.9 Å². The molecule has 0 heterocycles. The molecule has 96 valence electrons. The van der Waals surface area contributed by atoms with E-state index in [1.165, 1.54) is 0 Å². The normalized spacial score (nSPS) is 10.5. The van der Waals surface area contributed by atoms with Gasteiger partial charge in [0.05, 0.1) is 19.5 Å². The van der Waals surface area contributed by atoms with E-state index in [9.17, 15) is 0 Å². The molecule has 0 amide bonds. The second-order valence-electron chi connectivity index (χ2n) is 4.13. The first-order valence-corrected chi connectivity index (χ1v) is 5.81. The summed E-state index contributed by atoms with van der Waals surface area (Å²) in [5, 5.41) is 0.780. The number of hydrogen-bond donors (Lipinski definition) is 2. The van der Waals surface area contributed by atoms with Crippen LogP contribution in [0.15, 0.2) is 0 Å². The minimum Gasteiger partial charge on any atom is -0.494 e. The summed E-state index contributed by atoms with van der Waals surface area (Å²) in [6.07, 6.45) is 0. The number of nitrogens with one attached hydrogen (secondary N) is 1. The van der Waals surface area contributed by atoms with Crippen LogP contribution in [0.1, 0.15) is 16.7 Å². The first kappa shape index (κ1) is 14.1. The fraction of sp³-hybridized carbons (Fsp3) is 0.500. The number of methoxy groups -OCH3 is 1. The SMILES string of the molecule is COc1c(C)c(C)c(Cl)c(C)c1N(C)CNN. The Balaban J connectivity index is 3.46. The lowest BCUT2D eigenvalue weighted by Crippen LogP contribution is -2.36. The third kappa shape index (κ3) is 2.49. The van der Waals surface area contributed by atoms with Crippen LogP contribution >= 0.6 is 11.6 Å². The molecule has 1 aromatic carbocycles. The van der Waals surface area contributed by atoms with E-state index in [4.69, 9.17) is 22.2 Å². The number of nitrogens with two attached hydrogens (primary N) is 1. The molecule has 1 aromatic rings. The molecule has 0 fully saturated rings. The molecule has 3 N–H and O–H groups in total. The maximum atomic E-state index is 6.33. The molecule has 0 spiro atoms. The maximum Gasteiger partial charge on any atom is 0.145 e. The summed E-state index contributed by atoms with van der Waals surface area (Å²) in [6, 6.07) is 0. The highest BCUT2D eigenvalue weighted by atomic mass is 35.5. The smallest absolute Gasteiger partial charge is 0.145 e. The van der Waals surface area contributed by atoms with Gasteiger partial charge in [0.1, 0.15) is 5.75 Å². The Bertz CT molecular complexity index is 421. The Morgan fingerprint density at radius 1 is 1.24 bits per heavy atom. The molecule has 0 aromatic heterocycles. The Kier molecular flexibility index (Phi) is 4.62. The highest BCUT2D eigenvalue weighted by Crippen LogP contribution is 2.41. The second kappa shape index (κ2) is 5.58. The predicted molar refractivity (Wildman–Crippen MR) is 72.8 cm³/mol. The average Bonchev–Trinajstić information content (AvgIpc) is 2.31. The summed E-state index contributed by atoms with van der Waals surface area (Å²) in [4.78, 5) is 1.98. The van der Waals surface area contributed by atoms with Crippen LogP contribution in [0.3, 0.4) is 0 Å². The zero-order chi connectivity index (χ0) is 13.2. The molecule has 0 saturated heterocycles.